The molecule has 5 heterocycles. The number of carbonyl (C=O) groups excluding carboxylic acids is 4. The zero-order chi connectivity index (χ0) is 39.7. The van der Waals surface area contributed by atoms with Crippen molar-refractivity contribution in [2.24, 2.45) is 11.8 Å². The predicted molar refractivity (Wildman–Crippen MR) is 210 cm³/mol. The lowest BCUT2D eigenvalue weighted by Gasteiger charge is -2.29. The smallest absolute Gasteiger partial charge is 0.407 e. The number of alkyl carbamates (subject to hydrolysis) is 2. The van der Waals surface area contributed by atoms with Gasteiger partial charge in [-0.3, -0.25) is 14.6 Å². The largest absolute Gasteiger partial charge is 0.453 e. The van der Waals surface area contributed by atoms with Crippen molar-refractivity contribution in [2.45, 2.75) is 77.5 Å². The summed E-state index contributed by atoms with van der Waals surface area (Å²) in [4.78, 5) is 76.3. The van der Waals surface area contributed by atoms with Crippen LogP contribution in [0.15, 0.2) is 54.7 Å². The van der Waals surface area contributed by atoms with E-state index in [4.69, 9.17) is 24.4 Å². The molecule has 0 bridgehead atoms. The monoisotopic (exact) mass is 763 g/mol. The minimum atomic E-state index is -0.700. The van der Waals surface area contributed by atoms with Gasteiger partial charge in [0.15, 0.2) is 0 Å². The predicted octanol–water partition coefficient (Wildman–Crippen LogP) is 6.26. The Bertz CT molecular complexity index is 2090. The Kier molecular flexibility index (Phi) is 10.9. The molecule has 0 radical (unpaired) electrons. The third kappa shape index (κ3) is 7.62. The number of amides is 4. The highest BCUT2D eigenvalue weighted by atomic mass is 16.5. The van der Waals surface area contributed by atoms with Crippen LogP contribution in [-0.4, -0.2) is 98.1 Å². The van der Waals surface area contributed by atoms with Gasteiger partial charge in [-0.05, 0) is 73.4 Å². The second-order valence-electron chi connectivity index (χ2n) is 15.2. The van der Waals surface area contributed by atoms with Crippen LogP contribution in [0.1, 0.15) is 77.1 Å². The van der Waals surface area contributed by atoms with Crippen molar-refractivity contribution in [3.8, 4) is 22.4 Å². The normalized spacial score (nSPS) is 18.1. The maximum atomic E-state index is 13.6. The summed E-state index contributed by atoms with van der Waals surface area (Å²) in [7, 11) is 2.57. The number of nitrogens with one attached hydrogen (secondary N) is 4. The number of carbonyl (C=O) groups is 4. The number of nitrogens with zero attached hydrogens (tertiary/aromatic N) is 5. The van der Waals surface area contributed by atoms with Crippen molar-refractivity contribution in [2.75, 3.05) is 27.3 Å². The lowest BCUT2D eigenvalue weighted by atomic mass is 10.0. The number of aromatic nitrogens is 5. The summed E-state index contributed by atoms with van der Waals surface area (Å²) >= 11 is 0. The van der Waals surface area contributed by atoms with Crippen LogP contribution in [-0.2, 0) is 19.1 Å². The lowest BCUT2D eigenvalue weighted by molar-refractivity contribution is -0.136. The zero-order valence-electron chi connectivity index (χ0n) is 32.6. The first kappa shape index (κ1) is 38.3. The minimum Gasteiger partial charge on any atom is -0.453 e. The highest BCUT2D eigenvalue weighted by Gasteiger charge is 2.39. The van der Waals surface area contributed by atoms with Gasteiger partial charge >= 0.3 is 12.2 Å². The van der Waals surface area contributed by atoms with Gasteiger partial charge in [0.25, 0.3) is 0 Å². The number of hydrogen-bond donors (Lipinski definition) is 4. The van der Waals surface area contributed by atoms with Crippen molar-refractivity contribution in [3.63, 3.8) is 0 Å². The van der Waals surface area contributed by atoms with E-state index in [2.05, 4.69) is 20.6 Å². The van der Waals surface area contributed by atoms with Gasteiger partial charge in [-0.2, -0.15) is 0 Å². The third-order valence-corrected chi connectivity index (χ3v) is 10.9. The molecule has 0 spiro atoms. The molecule has 0 unspecified atom stereocenters. The number of hydrogen-bond acceptors (Lipinski definition) is 9. The maximum Gasteiger partial charge on any atom is 0.407 e. The number of pyridine rings is 1. The molecule has 15 nitrogen and oxygen atoms in total. The average molecular weight is 764 g/mol. The summed E-state index contributed by atoms with van der Waals surface area (Å²) < 4.78 is 9.53. The van der Waals surface area contributed by atoms with Crippen LogP contribution >= 0.6 is 0 Å². The molecular formula is C41H49N9O6. The van der Waals surface area contributed by atoms with E-state index in [0.29, 0.717) is 18.9 Å². The number of imidazole rings is 2. The molecule has 4 atom stereocenters. The Morgan fingerprint density at radius 3 is 1.75 bits per heavy atom. The van der Waals surface area contributed by atoms with Crippen LogP contribution < -0.4 is 10.6 Å². The number of ether oxygens (including phenoxy) is 2. The number of aromatic amines is 2. The molecule has 7 rings (SSSR count). The molecule has 4 amide bonds. The Balaban J connectivity index is 1.06. The number of rotatable bonds is 10. The van der Waals surface area contributed by atoms with Crippen molar-refractivity contribution in [3.05, 3.63) is 66.4 Å². The molecule has 2 aliphatic rings. The zero-order valence-corrected chi connectivity index (χ0v) is 32.6. The first-order valence-corrected chi connectivity index (χ1v) is 19.2. The first-order valence-electron chi connectivity index (χ1n) is 19.2. The molecule has 2 saturated heterocycles. The Morgan fingerprint density at radius 1 is 0.679 bits per heavy atom. The molecule has 5 aromatic rings. The quantitative estimate of drug-likeness (QED) is 0.127. The van der Waals surface area contributed by atoms with Crippen LogP contribution in [0, 0.1) is 11.8 Å². The molecular weight excluding hydrogens is 715 g/mol. The first-order chi connectivity index (χ1) is 26.9. The summed E-state index contributed by atoms with van der Waals surface area (Å²) in [6.07, 6.45) is 3.80. The van der Waals surface area contributed by atoms with Gasteiger partial charge in [0.1, 0.15) is 23.7 Å². The molecule has 2 aliphatic heterocycles. The fourth-order valence-corrected chi connectivity index (χ4v) is 7.83. The molecule has 294 valence electrons. The van der Waals surface area contributed by atoms with E-state index in [1.807, 2.05) is 87.3 Å². The number of likely N-dealkylation sites (tertiary alicyclic amines) is 2. The van der Waals surface area contributed by atoms with Crippen molar-refractivity contribution < 1.29 is 28.7 Å². The molecule has 4 N–H and O–H groups in total. The van der Waals surface area contributed by atoms with Crippen molar-refractivity contribution in [1.29, 1.82) is 0 Å². The van der Waals surface area contributed by atoms with E-state index >= 15 is 0 Å². The fraction of sp³-hybridized carbons (Fsp3) is 0.439. The van der Waals surface area contributed by atoms with Gasteiger partial charge in [-0.25, -0.2) is 19.6 Å². The van der Waals surface area contributed by atoms with Crippen molar-refractivity contribution in [1.82, 2.24) is 45.4 Å². The van der Waals surface area contributed by atoms with Crippen LogP contribution in [0.5, 0.6) is 0 Å². The fourth-order valence-electron chi connectivity index (χ4n) is 7.83. The molecule has 0 aliphatic carbocycles. The van der Waals surface area contributed by atoms with Crippen molar-refractivity contribution >= 4 is 46.1 Å². The third-order valence-electron chi connectivity index (χ3n) is 10.9. The molecule has 3 aromatic heterocycles. The minimum absolute atomic E-state index is 0.114. The Morgan fingerprint density at radius 2 is 1.21 bits per heavy atom. The summed E-state index contributed by atoms with van der Waals surface area (Å²) in [6, 6.07) is 14.2. The lowest BCUT2D eigenvalue weighted by Crippen LogP contribution is -2.51. The summed E-state index contributed by atoms with van der Waals surface area (Å²) in [5.74, 6) is 0.908. The highest BCUT2D eigenvalue weighted by molar-refractivity contribution is 5.88. The number of H-pyrrole nitrogens is 2. The standard InChI is InChI=1S/C41H49N9O6/c1-22(2)34(47-40(53)55-5)38(51)49-17-7-9-32(49)36-43-28-15-11-24(19-30(28)45-36)26-13-14-27(42-21-26)25-12-16-29-31(20-25)46-37(44-29)33-10-8-18-50(33)39(52)35(23(3)4)48-41(54)56-6/h11-16,19-23,32-35H,7-10,17-18H2,1-6H3,(H,43,45)(H,44,46)(H,47,53)(H,48,54)/t32-,33-,34-,35-/m0/s1. The number of benzene rings is 2. The van der Waals surface area contributed by atoms with E-state index in [0.717, 1.165) is 76.0 Å². The molecule has 2 fully saturated rings. The average Bonchev–Trinajstić information content (AvgIpc) is 4.03. The van der Waals surface area contributed by atoms with Crippen LogP contribution in [0.3, 0.4) is 0 Å². The van der Waals surface area contributed by atoms with E-state index in [1.165, 1.54) is 14.2 Å². The topological polar surface area (TPSA) is 188 Å². The van der Waals surface area contributed by atoms with Gasteiger partial charge < -0.3 is 39.9 Å². The Hall–Kier alpha value is -5.99. The van der Waals surface area contributed by atoms with E-state index in [9.17, 15) is 19.2 Å². The molecule has 2 aromatic carbocycles. The molecule has 15 heteroatoms. The van der Waals surface area contributed by atoms with Crippen LogP contribution in [0.25, 0.3) is 44.5 Å². The summed E-state index contributed by atoms with van der Waals surface area (Å²) in [5.41, 5.74) is 6.91. The Labute approximate surface area is 324 Å². The molecule has 0 saturated carbocycles. The summed E-state index contributed by atoms with van der Waals surface area (Å²) in [5, 5.41) is 5.40. The van der Waals surface area contributed by atoms with Gasteiger partial charge in [0.2, 0.25) is 11.8 Å². The van der Waals surface area contributed by atoms with Gasteiger partial charge in [-0.15, -0.1) is 0 Å². The van der Waals surface area contributed by atoms with Gasteiger partial charge in [-0.1, -0.05) is 45.9 Å². The number of methoxy groups -OCH3 is 2. The number of fused-ring (bicyclic) bond motifs is 2. The van der Waals surface area contributed by atoms with E-state index < -0.39 is 24.3 Å². The SMILES string of the molecule is COC(=O)N[C@H](C(=O)N1CCC[C@H]1c1nc2cc(-c3ccc(-c4ccc5nc([C@@H]6CCCN6C(=O)[C@@H](NC(=O)OC)C(C)C)[nH]c5c4)cn3)ccc2[nH]1)C(C)C. The maximum absolute atomic E-state index is 13.6. The van der Waals surface area contributed by atoms with Gasteiger partial charge in [0.05, 0.1) is 54.1 Å². The van der Waals surface area contributed by atoms with E-state index in [-0.39, 0.29) is 35.7 Å². The van der Waals surface area contributed by atoms with Gasteiger partial charge in [0, 0.05) is 30.4 Å². The van der Waals surface area contributed by atoms with E-state index in [1.54, 1.807) is 4.90 Å². The highest BCUT2D eigenvalue weighted by Crippen LogP contribution is 2.35. The second-order valence-corrected chi connectivity index (χ2v) is 15.2. The molecule has 56 heavy (non-hydrogen) atoms. The van der Waals surface area contributed by atoms with Crippen LogP contribution in [0.4, 0.5) is 9.59 Å². The van der Waals surface area contributed by atoms with Crippen LogP contribution in [0.2, 0.25) is 0 Å². The summed E-state index contributed by atoms with van der Waals surface area (Å²) in [6.45, 7) is 8.76. The second kappa shape index (κ2) is 16.0.